The van der Waals surface area contributed by atoms with Crippen molar-refractivity contribution in [2.45, 2.75) is 24.4 Å². The fourth-order valence-corrected chi connectivity index (χ4v) is 4.41. The van der Waals surface area contributed by atoms with E-state index in [-0.39, 0.29) is 32.2 Å². The van der Waals surface area contributed by atoms with Crippen molar-refractivity contribution in [1.29, 1.82) is 0 Å². The number of hydrogen-bond acceptors (Lipinski definition) is 5. The highest BCUT2D eigenvalue weighted by Crippen LogP contribution is 2.44. The molecule has 0 spiro atoms. The number of carboxylic acid groups (broad SMARTS) is 1. The molecule has 3 unspecified atom stereocenters. The molecule has 3 atom stereocenters. The summed E-state index contributed by atoms with van der Waals surface area (Å²) in [6.45, 7) is 3.89. The summed E-state index contributed by atoms with van der Waals surface area (Å²) >= 11 is 0. The molecule has 3 N–H and O–H groups in total. The minimum absolute atomic E-state index is 0.0719. The van der Waals surface area contributed by atoms with E-state index in [2.05, 4.69) is 29.3 Å². The topological polar surface area (TPSA) is 114 Å². The lowest BCUT2D eigenvalue weighted by Crippen LogP contribution is -2.50. The molecule has 2 amide bonds. The van der Waals surface area contributed by atoms with Crippen LogP contribution in [0, 0.1) is 5.92 Å². The number of carbonyl (C=O) groups excluding carboxylic acids is 2. The highest BCUT2D eigenvalue weighted by molar-refractivity contribution is 5.86. The van der Waals surface area contributed by atoms with Crippen molar-refractivity contribution in [3.63, 3.8) is 0 Å². The standard InChI is InChI=1S/C25H26N2O6/c1-2-7-21(24(29)30)26-23(28)20-12-32-14-22(20)27-25(31)33-13-19-17-10-5-3-8-15(17)16-9-4-6-11-18(16)19/h2-6,8-11,19-22H,1,7,12-14H2,(H,26,28)(H,27,31)(H,29,30). The van der Waals surface area contributed by atoms with Gasteiger partial charge in [-0.05, 0) is 28.7 Å². The first-order chi connectivity index (χ1) is 16.0. The molecule has 2 aromatic carbocycles. The molecule has 2 aliphatic rings. The predicted octanol–water partition coefficient (Wildman–Crippen LogP) is 2.69. The van der Waals surface area contributed by atoms with Crippen molar-refractivity contribution in [2.75, 3.05) is 19.8 Å². The number of carboxylic acids is 1. The lowest BCUT2D eigenvalue weighted by molar-refractivity contribution is -0.142. The van der Waals surface area contributed by atoms with Gasteiger partial charge in [0.1, 0.15) is 12.6 Å². The first-order valence-electron chi connectivity index (χ1n) is 10.8. The first-order valence-corrected chi connectivity index (χ1v) is 10.8. The number of carbonyl (C=O) groups is 3. The summed E-state index contributed by atoms with van der Waals surface area (Å²) in [6, 6.07) is 14.4. The van der Waals surface area contributed by atoms with Crippen LogP contribution in [0.4, 0.5) is 4.79 Å². The van der Waals surface area contributed by atoms with Crippen molar-refractivity contribution < 1.29 is 29.0 Å². The van der Waals surface area contributed by atoms with E-state index in [1.54, 1.807) is 0 Å². The third-order valence-electron chi connectivity index (χ3n) is 6.08. The number of ether oxygens (including phenoxy) is 2. The van der Waals surface area contributed by atoms with Crippen molar-refractivity contribution in [1.82, 2.24) is 10.6 Å². The molecule has 0 bridgehead atoms. The van der Waals surface area contributed by atoms with Crippen LogP contribution in [0.3, 0.4) is 0 Å². The average Bonchev–Trinajstić information content (AvgIpc) is 3.40. The van der Waals surface area contributed by atoms with Gasteiger partial charge in [0.15, 0.2) is 0 Å². The van der Waals surface area contributed by atoms with Crippen LogP contribution in [0.1, 0.15) is 23.5 Å². The van der Waals surface area contributed by atoms with Crippen LogP contribution in [0.25, 0.3) is 11.1 Å². The third kappa shape index (κ3) is 4.75. The molecular formula is C25H26N2O6. The molecule has 2 aromatic rings. The minimum atomic E-state index is -1.15. The van der Waals surface area contributed by atoms with Gasteiger partial charge in [-0.25, -0.2) is 9.59 Å². The van der Waals surface area contributed by atoms with Crippen LogP contribution < -0.4 is 10.6 Å². The second-order valence-corrected chi connectivity index (χ2v) is 8.14. The highest BCUT2D eigenvalue weighted by Gasteiger charge is 2.37. The normalized spacial score (nSPS) is 19.8. The molecule has 0 saturated carbocycles. The second-order valence-electron chi connectivity index (χ2n) is 8.14. The second kappa shape index (κ2) is 9.87. The number of amides is 2. The number of aliphatic carboxylic acids is 1. The number of hydrogen-bond donors (Lipinski definition) is 3. The van der Waals surface area contributed by atoms with Crippen molar-refractivity contribution >= 4 is 18.0 Å². The Hall–Kier alpha value is -3.65. The van der Waals surface area contributed by atoms with Gasteiger partial charge in [0.25, 0.3) is 0 Å². The monoisotopic (exact) mass is 450 g/mol. The van der Waals surface area contributed by atoms with Gasteiger partial charge in [-0.3, -0.25) is 4.79 Å². The van der Waals surface area contributed by atoms with E-state index in [1.165, 1.54) is 6.08 Å². The Morgan fingerprint density at radius 1 is 1.09 bits per heavy atom. The highest BCUT2D eigenvalue weighted by atomic mass is 16.5. The lowest BCUT2D eigenvalue weighted by Gasteiger charge is -2.21. The van der Waals surface area contributed by atoms with Crippen LogP contribution in [-0.4, -0.2) is 55.0 Å². The lowest BCUT2D eigenvalue weighted by atomic mass is 9.98. The van der Waals surface area contributed by atoms with Gasteiger partial charge < -0.3 is 25.2 Å². The zero-order valence-corrected chi connectivity index (χ0v) is 18.0. The van der Waals surface area contributed by atoms with Gasteiger partial charge in [-0.15, -0.1) is 6.58 Å². The fraction of sp³-hybridized carbons (Fsp3) is 0.320. The maximum Gasteiger partial charge on any atom is 0.407 e. The first kappa shape index (κ1) is 22.5. The van der Waals surface area contributed by atoms with E-state index in [9.17, 15) is 19.5 Å². The summed E-state index contributed by atoms with van der Waals surface area (Å²) < 4.78 is 10.9. The van der Waals surface area contributed by atoms with Crippen molar-refractivity contribution in [3.8, 4) is 11.1 Å². The summed E-state index contributed by atoms with van der Waals surface area (Å²) in [5.74, 6) is -2.43. The van der Waals surface area contributed by atoms with Crippen LogP contribution in [0.15, 0.2) is 61.2 Å². The summed E-state index contributed by atoms with van der Waals surface area (Å²) in [6.07, 6.45) is 0.876. The Balaban J connectivity index is 1.37. The van der Waals surface area contributed by atoms with E-state index in [0.29, 0.717) is 0 Å². The van der Waals surface area contributed by atoms with Crippen LogP contribution >= 0.6 is 0 Å². The Bertz CT molecular complexity index is 1020. The number of fused-ring (bicyclic) bond motifs is 3. The Labute approximate surface area is 191 Å². The van der Waals surface area contributed by atoms with E-state index in [1.807, 2.05) is 36.4 Å². The van der Waals surface area contributed by atoms with Gasteiger partial charge in [-0.1, -0.05) is 54.6 Å². The Morgan fingerprint density at radius 2 is 1.73 bits per heavy atom. The molecule has 1 aliphatic heterocycles. The van der Waals surface area contributed by atoms with Crippen LogP contribution in [0.2, 0.25) is 0 Å². The molecular weight excluding hydrogens is 424 g/mol. The molecule has 1 saturated heterocycles. The quantitative estimate of drug-likeness (QED) is 0.533. The summed E-state index contributed by atoms with van der Waals surface area (Å²) in [7, 11) is 0. The SMILES string of the molecule is C=CCC(NC(=O)C1COCC1NC(=O)OCC1c2ccccc2-c2ccccc21)C(=O)O. The van der Waals surface area contributed by atoms with Gasteiger partial charge in [0.2, 0.25) is 5.91 Å². The molecule has 4 rings (SSSR count). The zero-order valence-electron chi connectivity index (χ0n) is 18.0. The number of alkyl carbamates (subject to hydrolysis) is 1. The molecule has 8 heteroatoms. The van der Waals surface area contributed by atoms with Crippen molar-refractivity contribution in [2.24, 2.45) is 5.92 Å². The molecule has 1 aliphatic carbocycles. The fourth-order valence-electron chi connectivity index (χ4n) is 4.41. The van der Waals surface area contributed by atoms with Gasteiger partial charge in [-0.2, -0.15) is 0 Å². The minimum Gasteiger partial charge on any atom is -0.480 e. The average molecular weight is 450 g/mol. The van der Waals surface area contributed by atoms with Gasteiger partial charge in [0, 0.05) is 5.92 Å². The van der Waals surface area contributed by atoms with Gasteiger partial charge in [0.05, 0.1) is 25.2 Å². The number of rotatable bonds is 8. The molecule has 172 valence electrons. The maximum atomic E-state index is 12.6. The van der Waals surface area contributed by atoms with E-state index >= 15 is 0 Å². The van der Waals surface area contributed by atoms with Gasteiger partial charge >= 0.3 is 12.1 Å². The maximum absolute atomic E-state index is 12.6. The van der Waals surface area contributed by atoms with E-state index in [4.69, 9.17) is 9.47 Å². The van der Waals surface area contributed by atoms with Crippen LogP contribution in [0.5, 0.6) is 0 Å². The molecule has 33 heavy (non-hydrogen) atoms. The molecule has 1 fully saturated rings. The Morgan fingerprint density at radius 3 is 2.33 bits per heavy atom. The molecule has 0 aromatic heterocycles. The van der Waals surface area contributed by atoms with E-state index < -0.39 is 36.0 Å². The molecule has 0 radical (unpaired) electrons. The summed E-state index contributed by atoms with van der Waals surface area (Å²) in [4.78, 5) is 36.4. The van der Waals surface area contributed by atoms with Crippen molar-refractivity contribution in [3.05, 3.63) is 72.3 Å². The molecule has 8 nitrogen and oxygen atoms in total. The number of benzene rings is 2. The zero-order chi connectivity index (χ0) is 23.4. The third-order valence-corrected chi connectivity index (χ3v) is 6.08. The van der Waals surface area contributed by atoms with E-state index in [0.717, 1.165) is 22.3 Å². The van der Waals surface area contributed by atoms with Crippen LogP contribution in [-0.2, 0) is 19.1 Å². The number of nitrogens with one attached hydrogen (secondary N) is 2. The summed E-state index contributed by atoms with van der Waals surface area (Å²) in [5, 5.41) is 14.4. The smallest absolute Gasteiger partial charge is 0.407 e. The summed E-state index contributed by atoms with van der Waals surface area (Å²) in [5.41, 5.74) is 4.48. The Kier molecular flexibility index (Phi) is 6.74. The molecule has 1 heterocycles. The largest absolute Gasteiger partial charge is 0.480 e. The predicted molar refractivity (Wildman–Crippen MR) is 121 cm³/mol.